The lowest BCUT2D eigenvalue weighted by Crippen LogP contribution is -2.12. The second kappa shape index (κ2) is 1.84. The van der Waals surface area contributed by atoms with Gasteiger partial charge in [0.05, 0.1) is 6.33 Å². The summed E-state index contributed by atoms with van der Waals surface area (Å²) in [5.41, 5.74) is 0.469. The summed E-state index contributed by atoms with van der Waals surface area (Å²) in [6.45, 7) is 2.24. The average molecular weight is 136 g/mol. The van der Waals surface area contributed by atoms with Gasteiger partial charge in [-0.25, -0.2) is 4.98 Å². The molecule has 10 heavy (non-hydrogen) atoms. The number of aromatic nitrogens is 2. The molecule has 54 valence electrons. The lowest BCUT2D eigenvalue weighted by atomic mass is 10.2. The van der Waals surface area contributed by atoms with E-state index in [9.17, 15) is 0 Å². The monoisotopic (exact) mass is 136 g/mol. The van der Waals surface area contributed by atoms with E-state index in [0.717, 1.165) is 0 Å². The molecule has 2 heteroatoms. The fourth-order valence-corrected chi connectivity index (χ4v) is 1.48. The minimum Gasteiger partial charge on any atom is -0.331 e. The first-order chi connectivity index (χ1) is 4.87. The minimum atomic E-state index is 0.469. The van der Waals surface area contributed by atoms with Gasteiger partial charge in [-0.2, -0.15) is 0 Å². The van der Waals surface area contributed by atoms with Crippen molar-refractivity contribution in [3.05, 3.63) is 18.7 Å². The largest absolute Gasteiger partial charge is 0.331 e. The summed E-state index contributed by atoms with van der Waals surface area (Å²) >= 11 is 0. The van der Waals surface area contributed by atoms with E-state index in [2.05, 4.69) is 22.7 Å². The molecule has 1 fully saturated rings. The van der Waals surface area contributed by atoms with Gasteiger partial charge in [-0.05, 0) is 19.3 Å². The maximum atomic E-state index is 4.04. The molecule has 1 heterocycles. The van der Waals surface area contributed by atoms with Gasteiger partial charge >= 0.3 is 0 Å². The topological polar surface area (TPSA) is 17.8 Å². The first-order valence-electron chi connectivity index (χ1n) is 3.86. The van der Waals surface area contributed by atoms with Gasteiger partial charge in [-0.15, -0.1) is 0 Å². The molecule has 0 N–H and O–H groups in total. The van der Waals surface area contributed by atoms with E-state index < -0.39 is 0 Å². The number of rotatable bonds is 2. The van der Waals surface area contributed by atoms with Crippen LogP contribution in [0.4, 0.5) is 0 Å². The number of imidazole rings is 1. The van der Waals surface area contributed by atoms with Crippen LogP contribution in [-0.4, -0.2) is 9.55 Å². The Morgan fingerprint density at radius 1 is 1.60 bits per heavy atom. The summed E-state index contributed by atoms with van der Waals surface area (Å²) in [6, 6.07) is 0. The van der Waals surface area contributed by atoms with E-state index in [4.69, 9.17) is 0 Å². The van der Waals surface area contributed by atoms with Crippen molar-refractivity contribution in [1.29, 1.82) is 0 Å². The quantitative estimate of drug-likeness (QED) is 0.606. The van der Waals surface area contributed by atoms with Crippen molar-refractivity contribution in [3.8, 4) is 0 Å². The van der Waals surface area contributed by atoms with E-state index in [0.29, 0.717) is 5.54 Å². The van der Waals surface area contributed by atoms with Gasteiger partial charge in [0.25, 0.3) is 0 Å². The lowest BCUT2D eigenvalue weighted by molar-refractivity contribution is 0.465. The minimum absolute atomic E-state index is 0.469. The summed E-state index contributed by atoms with van der Waals surface area (Å²) in [5, 5.41) is 0. The highest BCUT2D eigenvalue weighted by atomic mass is 15.1. The van der Waals surface area contributed by atoms with Crippen LogP contribution >= 0.6 is 0 Å². The molecule has 0 unspecified atom stereocenters. The molecule has 0 aliphatic heterocycles. The molecule has 0 bridgehead atoms. The zero-order chi connectivity index (χ0) is 7.03. The third-order valence-electron chi connectivity index (χ3n) is 2.54. The molecule has 1 saturated carbocycles. The summed E-state index contributed by atoms with van der Waals surface area (Å²) in [4.78, 5) is 4.04. The van der Waals surface area contributed by atoms with Crippen molar-refractivity contribution in [2.45, 2.75) is 31.7 Å². The highest BCUT2D eigenvalue weighted by Crippen LogP contribution is 2.45. The van der Waals surface area contributed by atoms with Crippen LogP contribution in [0.2, 0.25) is 0 Å². The van der Waals surface area contributed by atoms with Gasteiger partial charge in [0.1, 0.15) is 0 Å². The summed E-state index contributed by atoms with van der Waals surface area (Å²) in [6.07, 6.45) is 9.76. The SMILES string of the molecule is CCC1(n2ccnc2)CC1. The standard InChI is InChI=1S/C8H12N2/c1-2-8(3-4-8)10-6-5-9-7-10/h5-7H,2-4H2,1H3. The molecule has 2 rings (SSSR count). The Morgan fingerprint density at radius 2 is 2.40 bits per heavy atom. The summed E-state index contributed by atoms with van der Waals surface area (Å²) in [5.74, 6) is 0. The molecule has 2 nitrogen and oxygen atoms in total. The number of hydrogen-bond donors (Lipinski definition) is 0. The molecule has 0 aromatic carbocycles. The van der Waals surface area contributed by atoms with Crippen LogP contribution in [0, 0.1) is 0 Å². The third-order valence-corrected chi connectivity index (χ3v) is 2.54. The van der Waals surface area contributed by atoms with Crippen LogP contribution in [0.25, 0.3) is 0 Å². The maximum absolute atomic E-state index is 4.04. The Kier molecular flexibility index (Phi) is 1.10. The molecule has 1 aromatic heterocycles. The zero-order valence-corrected chi connectivity index (χ0v) is 6.25. The molecule has 0 saturated heterocycles. The highest BCUT2D eigenvalue weighted by Gasteiger charge is 2.41. The van der Waals surface area contributed by atoms with Crippen molar-refractivity contribution >= 4 is 0 Å². The van der Waals surface area contributed by atoms with Gasteiger partial charge in [-0.3, -0.25) is 0 Å². The van der Waals surface area contributed by atoms with Crippen molar-refractivity contribution in [2.75, 3.05) is 0 Å². The van der Waals surface area contributed by atoms with Crippen LogP contribution in [0.5, 0.6) is 0 Å². The van der Waals surface area contributed by atoms with Crippen LogP contribution < -0.4 is 0 Å². The Labute approximate surface area is 60.9 Å². The molecule has 0 amide bonds. The van der Waals surface area contributed by atoms with E-state index in [1.54, 1.807) is 0 Å². The van der Waals surface area contributed by atoms with Gasteiger partial charge in [0, 0.05) is 17.9 Å². The second-order valence-electron chi connectivity index (χ2n) is 3.05. The predicted molar refractivity (Wildman–Crippen MR) is 39.7 cm³/mol. The van der Waals surface area contributed by atoms with Crippen molar-refractivity contribution < 1.29 is 0 Å². The molecular formula is C8H12N2. The highest BCUT2D eigenvalue weighted by molar-refractivity contribution is 5.01. The van der Waals surface area contributed by atoms with Gasteiger partial charge in [-0.1, -0.05) is 6.92 Å². The molecule has 1 aromatic rings. The predicted octanol–water partition coefficient (Wildman–Crippen LogP) is 1.78. The smallest absolute Gasteiger partial charge is 0.0951 e. The summed E-state index contributed by atoms with van der Waals surface area (Å²) in [7, 11) is 0. The average Bonchev–Trinajstić information content (AvgIpc) is 2.58. The fraction of sp³-hybridized carbons (Fsp3) is 0.625. The first-order valence-corrected chi connectivity index (χ1v) is 3.86. The Balaban J connectivity index is 2.27. The fourth-order valence-electron chi connectivity index (χ4n) is 1.48. The first kappa shape index (κ1) is 5.96. The second-order valence-corrected chi connectivity index (χ2v) is 3.05. The molecule has 1 aliphatic carbocycles. The number of hydrogen-bond acceptors (Lipinski definition) is 1. The van der Waals surface area contributed by atoms with Crippen LogP contribution in [0.15, 0.2) is 18.7 Å². The Bertz CT molecular complexity index is 209. The molecule has 0 radical (unpaired) electrons. The van der Waals surface area contributed by atoms with E-state index in [1.165, 1.54) is 19.3 Å². The van der Waals surface area contributed by atoms with E-state index in [1.807, 2.05) is 12.5 Å². The van der Waals surface area contributed by atoms with Gasteiger partial charge < -0.3 is 4.57 Å². The summed E-state index contributed by atoms with van der Waals surface area (Å²) < 4.78 is 2.24. The molecule has 0 atom stereocenters. The van der Waals surface area contributed by atoms with Crippen LogP contribution in [0.1, 0.15) is 26.2 Å². The molecular weight excluding hydrogens is 124 g/mol. The maximum Gasteiger partial charge on any atom is 0.0951 e. The number of nitrogens with zero attached hydrogens (tertiary/aromatic N) is 2. The van der Waals surface area contributed by atoms with Gasteiger partial charge in [0.15, 0.2) is 0 Å². The van der Waals surface area contributed by atoms with Crippen molar-refractivity contribution in [1.82, 2.24) is 9.55 Å². The van der Waals surface area contributed by atoms with Crippen molar-refractivity contribution in [2.24, 2.45) is 0 Å². The normalized spacial score (nSPS) is 20.9. The van der Waals surface area contributed by atoms with E-state index in [-0.39, 0.29) is 0 Å². The zero-order valence-electron chi connectivity index (χ0n) is 6.25. The Morgan fingerprint density at radius 3 is 2.80 bits per heavy atom. The van der Waals surface area contributed by atoms with Gasteiger partial charge in [0.2, 0.25) is 0 Å². The van der Waals surface area contributed by atoms with E-state index >= 15 is 0 Å². The molecule has 0 spiro atoms. The van der Waals surface area contributed by atoms with Crippen LogP contribution in [-0.2, 0) is 5.54 Å². The third kappa shape index (κ3) is 0.681. The van der Waals surface area contributed by atoms with Crippen LogP contribution in [0.3, 0.4) is 0 Å². The Hall–Kier alpha value is -0.790. The molecule has 1 aliphatic rings. The lowest BCUT2D eigenvalue weighted by Gasteiger charge is -2.12. The van der Waals surface area contributed by atoms with Crippen molar-refractivity contribution in [3.63, 3.8) is 0 Å².